The Balaban J connectivity index is 3.83. The summed E-state index contributed by atoms with van der Waals surface area (Å²) in [6, 6.07) is 1.15. The van der Waals surface area contributed by atoms with Crippen LogP contribution in [0.3, 0.4) is 0 Å². The van der Waals surface area contributed by atoms with Gasteiger partial charge in [-0.15, -0.1) is 0 Å². The number of nitrogens with two attached hydrogens (primary N) is 2. The fourth-order valence-corrected chi connectivity index (χ4v) is 1.37. The first kappa shape index (κ1) is 12.9. The molecule has 0 aromatic carbocycles. The van der Waals surface area contributed by atoms with E-state index in [4.69, 9.17) is 11.5 Å². The van der Waals surface area contributed by atoms with Gasteiger partial charge in [0, 0.05) is 24.2 Å². The van der Waals surface area contributed by atoms with Crippen LogP contribution in [-0.2, 0) is 0 Å². The third kappa shape index (κ3) is 4.60. The summed E-state index contributed by atoms with van der Waals surface area (Å²) in [5.41, 5.74) is 11.8. The molecule has 0 aliphatic heterocycles. The second-order valence-corrected chi connectivity index (χ2v) is 3.89. The van der Waals surface area contributed by atoms with Crippen LogP contribution in [0.5, 0.6) is 0 Å². The van der Waals surface area contributed by atoms with Crippen LogP contribution in [0.4, 0.5) is 0 Å². The molecular weight excluding hydrogens is 162 g/mol. The highest BCUT2D eigenvalue weighted by Gasteiger charge is 2.16. The topological polar surface area (TPSA) is 64.1 Å². The Kier molecular flexibility index (Phi) is 6.29. The molecule has 0 fully saturated rings. The monoisotopic (exact) mass is 187 g/mol. The molecule has 0 saturated heterocycles. The Hall–Kier alpha value is -0.120. The molecule has 0 aromatic rings. The number of nitrogens with one attached hydrogen (secondary N) is 1. The van der Waals surface area contributed by atoms with Crippen molar-refractivity contribution in [1.29, 1.82) is 0 Å². The summed E-state index contributed by atoms with van der Waals surface area (Å²) in [5, 5.41) is 3.43. The van der Waals surface area contributed by atoms with E-state index in [1.165, 1.54) is 0 Å². The van der Waals surface area contributed by atoms with Gasteiger partial charge in [-0.05, 0) is 26.7 Å². The minimum absolute atomic E-state index is 0.228. The highest BCUT2D eigenvalue weighted by Crippen LogP contribution is 2.00. The molecule has 3 heteroatoms. The summed E-state index contributed by atoms with van der Waals surface area (Å²) in [6.45, 7) is 8.45. The van der Waals surface area contributed by atoms with Crippen molar-refractivity contribution in [1.82, 2.24) is 5.32 Å². The molecule has 0 radical (unpaired) electrons. The maximum atomic E-state index is 5.90. The molecule has 0 aliphatic carbocycles. The minimum atomic E-state index is 0.228. The minimum Gasteiger partial charge on any atom is -0.326 e. The molecule has 0 bridgehead atoms. The number of rotatable bonds is 6. The zero-order valence-electron chi connectivity index (χ0n) is 9.38. The summed E-state index contributed by atoms with van der Waals surface area (Å²) in [5.74, 6) is 0. The third-order valence-corrected chi connectivity index (χ3v) is 2.75. The number of hydrogen-bond acceptors (Lipinski definition) is 3. The van der Waals surface area contributed by atoms with Crippen LogP contribution in [-0.4, -0.2) is 24.2 Å². The van der Waals surface area contributed by atoms with Crippen LogP contribution in [0, 0.1) is 0 Å². The second kappa shape index (κ2) is 6.35. The SMILES string of the molecule is CCC(N)C(C)NC(C)C(N)CC. The van der Waals surface area contributed by atoms with E-state index in [0.717, 1.165) is 12.8 Å². The van der Waals surface area contributed by atoms with E-state index in [1.807, 2.05) is 0 Å². The lowest BCUT2D eigenvalue weighted by Crippen LogP contribution is -2.52. The average Bonchev–Trinajstić information content (AvgIpc) is 2.14. The van der Waals surface area contributed by atoms with Crippen LogP contribution < -0.4 is 16.8 Å². The Morgan fingerprint density at radius 1 is 0.923 bits per heavy atom. The van der Waals surface area contributed by atoms with Gasteiger partial charge in [0.15, 0.2) is 0 Å². The van der Waals surface area contributed by atoms with Gasteiger partial charge in [0.05, 0.1) is 0 Å². The summed E-state index contributed by atoms with van der Waals surface area (Å²) in [4.78, 5) is 0. The van der Waals surface area contributed by atoms with E-state index in [-0.39, 0.29) is 12.1 Å². The molecule has 0 amide bonds. The zero-order chi connectivity index (χ0) is 10.4. The Labute approximate surface area is 82.3 Å². The van der Waals surface area contributed by atoms with E-state index >= 15 is 0 Å². The van der Waals surface area contributed by atoms with E-state index in [9.17, 15) is 0 Å². The molecule has 80 valence electrons. The van der Waals surface area contributed by atoms with Gasteiger partial charge in [0.25, 0.3) is 0 Å². The molecular formula is C10H25N3. The first-order valence-corrected chi connectivity index (χ1v) is 5.30. The van der Waals surface area contributed by atoms with E-state index in [1.54, 1.807) is 0 Å². The average molecular weight is 187 g/mol. The van der Waals surface area contributed by atoms with Crippen LogP contribution in [0.25, 0.3) is 0 Å². The molecule has 0 saturated carbocycles. The van der Waals surface area contributed by atoms with Crippen LogP contribution in [0.1, 0.15) is 40.5 Å². The highest BCUT2D eigenvalue weighted by molar-refractivity contribution is 4.81. The summed E-state index contributed by atoms with van der Waals surface area (Å²) in [7, 11) is 0. The van der Waals surface area contributed by atoms with Crippen molar-refractivity contribution in [2.24, 2.45) is 11.5 Å². The Bertz CT molecular complexity index is 113. The molecule has 4 atom stereocenters. The van der Waals surface area contributed by atoms with Crippen molar-refractivity contribution >= 4 is 0 Å². The Morgan fingerprint density at radius 2 is 1.23 bits per heavy atom. The highest BCUT2D eigenvalue weighted by atomic mass is 15.0. The second-order valence-electron chi connectivity index (χ2n) is 3.89. The standard InChI is InChI=1S/C10H25N3/c1-5-9(11)7(3)13-8(4)10(12)6-2/h7-10,13H,5-6,11-12H2,1-4H3. The van der Waals surface area contributed by atoms with Gasteiger partial charge >= 0.3 is 0 Å². The summed E-state index contributed by atoms with van der Waals surface area (Å²) in [6.07, 6.45) is 2.00. The van der Waals surface area contributed by atoms with Crippen molar-refractivity contribution in [3.8, 4) is 0 Å². The smallest absolute Gasteiger partial charge is 0.0193 e. The molecule has 0 spiro atoms. The molecule has 3 nitrogen and oxygen atoms in total. The lowest BCUT2D eigenvalue weighted by molar-refractivity contribution is 0.361. The van der Waals surface area contributed by atoms with Crippen molar-refractivity contribution < 1.29 is 0 Å². The van der Waals surface area contributed by atoms with Gasteiger partial charge in [-0.2, -0.15) is 0 Å². The van der Waals surface area contributed by atoms with Crippen molar-refractivity contribution in [2.75, 3.05) is 0 Å². The normalized spacial score (nSPS) is 20.8. The first-order chi connectivity index (χ1) is 6.02. The predicted octanol–water partition coefficient (Wildman–Crippen LogP) is 0.828. The predicted molar refractivity (Wildman–Crippen MR) is 58.6 cm³/mol. The van der Waals surface area contributed by atoms with Crippen LogP contribution >= 0.6 is 0 Å². The van der Waals surface area contributed by atoms with E-state index < -0.39 is 0 Å². The van der Waals surface area contributed by atoms with Crippen molar-refractivity contribution in [2.45, 2.75) is 64.7 Å². The molecule has 0 aromatic heterocycles. The summed E-state index contributed by atoms with van der Waals surface area (Å²) < 4.78 is 0. The van der Waals surface area contributed by atoms with E-state index in [0.29, 0.717) is 12.1 Å². The summed E-state index contributed by atoms with van der Waals surface area (Å²) >= 11 is 0. The van der Waals surface area contributed by atoms with Gasteiger partial charge in [-0.25, -0.2) is 0 Å². The fourth-order valence-electron chi connectivity index (χ4n) is 1.37. The molecule has 0 aliphatic rings. The number of hydrogen-bond donors (Lipinski definition) is 3. The van der Waals surface area contributed by atoms with Gasteiger partial charge in [-0.1, -0.05) is 13.8 Å². The lowest BCUT2D eigenvalue weighted by atomic mass is 10.0. The van der Waals surface area contributed by atoms with Crippen molar-refractivity contribution in [3.05, 3.63) is 0 Å². The molecule has 5 N–H and O–H groups in total. The van der Waals surface area contributed by atoms with E-state index in [2.05, 4.69) is 33.0 Å². The zero-order valence-corrected chi connectivity index (χ0v) is 9.38. The lowest BCUT2D eigenvalue weighted by Gasteiger charge is -2.27. The van der Waals surface area contributed by atoms with Gasteiger partial charge in [-0.3, -0.25) is 0 Å². The first-order valence-electron chi connectivity index (χ1n) is 5.30. The molecule has 0 rings (SSSR count). The Morgan fingerprint density at radius 3 is 1.46 bits per heavy atom. The maximum Gasteiger partial charge on any atom is 0.0193 e. The van der Waals surface area contributed by atoms with Gasteiger partial charge in [0.1, 0.15) is 0 Å². The van der Waals surface area contributed by atoms with Gasteiger partial charge < -0.3 is 16.8 Å². The molecule has 13 heavy (non-hydrogen) atoms. The quantitative estimate of drug-likeness (QED) is 0.577. The van der Waals surface area contributed by atoms with Gasteiger partial charge in [0.2, 0.25) is 0 Å². The third-order valence-electron chi connectivity index (χ3n) is 2.75. The van der Waals surface area contributed by atoms with Crippen LogP contribution in [0.15, 0.2) is 0 Å². The van der Waals surface area contributed by atoms with Crippen LogP contribution in [0.2, 0.25) is 0 Å². The van der Waals surface area contributed by atoms with Crippen molar-refractivity contribution in [3.63, 3.8) is 0 Å². The maximum absolute atomic E-state index is 5.90. The molecule has 0 heterocycles. The molecule has 4 unspecified atom stereocenters. The fraction of sp³-hybridized carbons (Fsp3) is 1.00. The largest absolute Gasteiger partial charge is 0.326 e.